The van der Waals surface area contributed by atoms with Crippen LogP contribution in [0.3, 0.4) is 0 Å². The fraction of sp³-hybridized carbons (Fsp3) is 0.167. The first-order chi connectivity index (χ1) is 15.3. The van der Waals surface area contributed by atoms with E-state index in [-0.39, 0.29) is 11.4 Å². The van der Waals surface area contributed by atoms with Gasteiger partial charge in [0.15, 0.2) is 0 Å². The fourth-order valence-corrected chi connectivity index (χ4v) is 6.77. The van der Waals surface area contributed by atoms with E-state index in [0.717, 1.165) is 4.90 Å². The van der Waals surface area contributed by atoms with Gasteiger partial charge in [-0.3, -0.25) is 19.7 Å². The number of rotatable bonds is 2. The number of benzene rings is 3. The second-order valence-corrected chi connectivity index (χ2v) is 9.45. The van der Waals surface area contributed by atoms with Crippen molar-refractivity contribution in [2.45, 2.75) is 9.75 Å². The highest BCUT2D eigenvalue weighted by Gasteiger charge is 2.73. The largest absolute Gasteiger partial charge is 0.274 e. The van der Waals surface area contributed by atoms with E-state index in [2.05, 4.69) is 0 Å². The van der Waals surface area contributed by atoms with Gasteiger partial charge >= 0.3 is 0 Å². The zero-order chi connectivity index (χ0) is 22.4. The van der Waals surface area contributed by atoms with Crippen LogP contribution in [0.5, 0.6) is 0 Å². The van der Waals surface area contributed by atoms with Crippen LogP contribution in [0.2, 0.25) is 0 Å². The van der Waals surface area contributed by atoms with Gasteiger partial charge in [0, 0.05) is 12.1 Å². The quantitative estimate of drug-likeness (QED) is 0.238. The molecule has 0 spiro atoms. The van der Waals surface area contributed by atoms with Crippen LogP contribution < -0.4 is 4.90 Å². The van der Waals surface area contributed by atoms with Crippen molar-refractivity contribution in [3.8, 4) is 0 Å². The molecule has 0 N–H and O–H groups in total. The maximum atomic E-state index is 13.8. The van der Waals surface area contributed by atoms with Crippen LogP contribution in [0.4, 0.5) is 11.4 Å². The molecule has 3 aromatic rings. The summed E-state index contributed by atoms with van der Waals surface area (Å²) in [5.74, 6) is -2.91. The van der Waals surface area contributed by atoms with Gasteiger partial charge in [-0.15, -0.1) is 23.2 Å². The second kappa shape index (κ2) is 6.18. The summed E-state index contributed by atoms with van der Waals surface area (Å²) in [4.78, 5) is 36.7. The van der Waals surface area contributed by atoms with E-state index in [0.29, 0.717) is 22.3 Å². The predicted molar refractivity (Wildman–Crippen MR) is 119 cm³/mol. The minimum atomic E-state index is -1.28. The maximum absolute atomic E-state index is 13.8. The lowest BCUT2D eigenvalue weighted by atomic mass is 9.54. The lowest BCUT2D eigenvalue weighted by Crippen LogP contribution is -2.57. The van der Waals surface area contributed by atoms with Gasteiger partial charge in [0.25, 0.3) is 5.69 Å². The van der Waals surface area contributed by atoms with Gasteiger partial charge < -0.3 is 0 Å². The molecule has 2 amide bonds. The molecule has 3 aromatic carbocycles. The number of hydrogen-bond donors (Lipinski definition) is 0. The molecule has 7 rings (SSSR count). The second-order valence-electron chi connectivity index (χ2n) is 8.26. The highest BCUT2D eigenvalue weighted by molar-refractivity contribution is 6.38. The Morgan fingerprint density at radius 2 is 1.19 bits per heavy atom. The molecule has 3 aliphatic carbocycles. The van der Waals surface area contributed by atoms with Gasteiger partial charge in [-0.25, -0.2) is 4.90 Å². The summed E-state index contributed by atoms with van der Waals surface area (Å²) in [7, 11) is 0. The Bertz CT molecular complexity index is 1250. The fourth-order valence-electron chi connectivity index (χ4n) is 5.67. The van der Waals surface area contributed by atoms with Crippen molar-refractivity contribution in [1.29, 1.82) is 0 Å². The van der Waals surface area contributed by atoms with Crippen molar-refractivity contribution < 1.29 is 14.5 Å². The van der Waals surface area contributed by atoms with Gasteiger partial charge in [0.1, 0.15) is 9.75 Å². The summed E-state index contributed by atoms with van der Waals surface area (Å²) in [5.41, 5.74) is 2.75. The van der Waals surface area contributed by atoms with Crippen molar-refractivity contribution in [3.63, 3.8) is 0 Å². The van der Waals surface area contributed by atoms with Gasteiger partial charge in [0.2, 0.25) is 11.8 Å². The lowest BCUT2D eigenvalue weighted by molar-refractivity contribution is -0.384. The number of nitrogens with zero attached hydrogens (tertiary/aromatic N) is 2. The lowest BCUT2D eigenvalue weighted by Gasteiger charge is -2.54. The monoisotopic (exact) mass is 464 g/mol. The minimum Gasteiger partial charge on any atom is -0.274 e. The third-order valence-electron chi connectivity index (χ3n) is 6.88. The molecule has 0 unspecified atom stereocenters. The Hall–Kier alpha value is -3.22. The first-order valence-electron chi connectivity index (χ1n) is 10.0. The van der Waals surface area contributed by atoms with E-state index in [1.54, 1.807) is 0 Å². The van der Waals surface area contributed by atoms with E-state index >= 15 is 0 Å². The first kappa shape index (κ1) is 19.5. The smallest absolute Gasteiger partial charge is 0.271 e. The molecule has 0 aromatic heterocycles. The summed E-state index contributed by atoms with van der Waals surface area (Å²) in [6.45, 7) is 0. The molecule has 0 saturated carbocycles. The van der Waals surface area contributed by atoms with Crippen molar-refractivity contribution >= 4 is 46.4 Å². The van der Waals surface area contributed by atoms with Crippen molar-refractivity contribution in [3.05, 3.63) is 105 Å². The number of carbonyl (C=O) groups is 2. The highest BCUT2D eigenvalue weighted by Crippen LogP contribution is 2.69. The molecule has 1 heterocycles. The van der Waals surface area contributed by atoms with Gasteiger partial charge in [0.05, 0.1) is 22.4 Å². The summed E-state index contributed by atoms with van der Waals surface area (Å²) in [6.07, 6.45) is 0. The summed E-state index contributed by atoms with van der Waals surface area (Å²) < 4.78 is 0. The van der Waals surface area contributed by atoms with Crippen molar-refractivity contribution in [2.24, 2.45) is 11.8 Å². The molecule has 6 nitrogen and oxygen atoms in total. The normalized spacial score (nSPS) is 29.5. The van der Waals surface area contributed by atoms with E-state index < -0.39 is 38.3 Å². The van der Waals surface area contributed by atoms with Gasteiger partial charge in [-0.2, -0.15) is 0 Å². The predicted octanol–water partition coefficient (Wildman–Crippen LogP) is 4.69. The molecule has 0 radical (unpaired) electrons. The molecular formula is C24H14Cl2N2O4. The molecule has 4 aliphatic rings. The molecule has 2 atom stereocenters. The average Bonchev–Trinajstić information content (AvgIpc) is 3.08. The third-order valence-corrected chi connectivity index (χ3v) is 8.17. The van der Waals surface area contributed by atoms with Crippen molar-refractivity contribution in [1.82, 2.24) is 0 Å². The highest BCUT2D eigenvalue weighted by atomic mass is 35.5. The number of non-ortho nitro benzene ring substituents is 1. The molecule has 1 aliphatic heterocycles. The van der Waals surface area contributed by atoms with Crippen molar-refractivity contribution in [2.75, 3.05) is 4.90 Å². The van der Waals surface area contributed by atoms with Crippen LogP contribution in [0.15, 0.2) is 72.8 Å². The summed E-state index contributed by atoms with van der Waals surface area (Å²) in [5, 5.41) is 11.3. The summed E-state index contributed by atoms with van der Waals surface area (Å²) in [6, 6.07) is 20.2. The van der Waals surface area contributed by atoms with Gasteiger partial charge in [-0.1, -0.05) is 54.6 Å². The zero-order valence-corrected chi connectivity index (χ0v) is 17.9. The SMILES string of the molecule is O=C1[C@H]2[C@H](C(=O)N1c1cccc([N+](=O)[O-])c1)C1(Cl)c3ccccc3C2(Cl)c2ccccc21. The maximum Gasteiger partial charge on any atom is 0.271 e. The van der Waals surface area contributed by atoms with Crippen LogP contribution in [0.25, 0.3) is 0 Å². The van der Waals surface area contributed by atoms with Crippen LogP contribution >= 0.6 is 23.2 Å². The number of amides is 2. The van der Waals surface area contributed by atoms with Crippen LogP contribution in [0.1, 0.15) is 22.3 Å². The van der Waals surface area contributed by atoms with E-state index in [4.69, 9.17) is 23.2 Å². The Morgan fingerprint density at radius 1 is 0.750 bits per heavy atom. The number of nitro benzene ring substituents is 1. The Morgan fingerprint density at radius 3 is 1.59 bits per heavy atom. The number of halogens is 2. The van der Waals surface area contributed by atoms with E-state index in [1.807, 2.05) is 48.5 Å². The molecule has 1 saturated heterocycles. The number of nitro groups is 1. The third kappa shape index (κ3) is 2.07. The van der Waals surface area contributed by atoms with E-state index in [9.17, 15) is 19.7 Å². The number of carbonyl (C=O) groups excluding carboxylic acids is 2. The molecule has 2 bridgehead atoms. The van der Waals surface area contributed by atoms with E-state index in [1.165, 1.54) is 24.3 Å². The molecular weight excluding hydrogens is 451 g/mol. The Balaban J connectivity index is 1.63. The average molecular weight is 465 g/mol. The minimum absolute atomic E-state index is 0.136. The Kier molecular flexibility index (Phi) is 3.76. The summed E-state index contributed by atoms with van der Waals surface area (Å²) >= 11 is 14.7. The first-order valence-corrected chi connectivity index (χ1v) is 10.8. The molecule has 32 heavy (non-hydrogen) atoms. The number of imide groups is 1. The number of alkyl halides is 2. The number of hydrogen-bond acceptors (Lipinski definition) is 4. The van der Waals surface area contributed by atoms with Gasteiger partial charge in [-0.05, 0) is 28.3 Å². The van der Waals surface area contributed by atoms with Crippen LogP contribution in [0, 0.1) is 22.0 Å². The molecule has 1 fully saturated rings. The molecule has 158 valence electrons. The van der Waals surface area contributed by atoms with Crippen LogP contribution in [-0.4, -0.2) is 16.7 Å². The van der Waals surface area contributed by atoms with Crippen LogP contribution in [-0.2, 0) is 19.3 Å². The number of anilines is 1. The standard InChI is InChI=1S/C24H14Cl2N2O4/c25-23-15-8-1-2-9-16(15)24(26,18-11-4-3-10-17(18)23)20-19(23)21(29)27(22(20)30)13-6-5-7-14(12-13)28(31)32/h1-12,19-20H/t19-,20-,23?,24?/m1/s1. The Labute approximate surface area is 192 Å². The zero-order valence-electron chi connectivity index (χ0n) is 16.4. The molecule has 8 heteroatoms. The topological polar surface area (TPSA) is 80.5 Å².